The van der Waals surface area contributed by atoms with Gasteiger partial charge in [-0.2, -0.15) is 0 Å². The van der Waals surface area contributed by atoms with Gasteiger partial charge in [0.05, 0.1) is 10.7 Å². The van der Waals surface area contributed by atoms with Crippen molar-refractivity contribution >= 4 is 47.4 Å². The first-order chi connectivity index (χ1) is 13.3. The van der Waals surface area contributed by atoms with Gasteiger partial charge in [-0.1, -0.05) is 0 Å². The van der Waals surface area contributed by atoms with Crippen LogP contribution in [0.25, 0.3) is 0 Å². The Balaban J connectivity index is 0.00000420. The number of hydrogen-bond donors (Lipinski definition) is 2. The summed E-state index contributed by atoms with van der Waals surface area (Å²) in [4.78, 5) is 23.4. The summed E-state index contributed by atoms with van der Waals surface area (Å²) < 4.78 is 5.51. The second kappa shape index (κ2) is 12.6. The molecule has 0 aliphatic carbocycles. The number of aryl methyl sites for hydroxylation is 1. The van der Waals surface area contributed by atoms with E-state index in [-0.39, 0.29) is 30.1 Å². The van der Waals surface area contributed by atoms with Crippen LogP contribution >= 0.6 is 35.3 Å². The number of halogens is 1. The van der Waals surface area contributed by atoms with Crippen LogP contribution in [0.1, 0.15) is 51.2 Å². The van der Waals surface area contributed by atoms with Crippen LogP contribution in [-0.2, 0) is 11.2 Å². The van der Waals surface area contributed by atoms with Gasteiger partial charge in [0.25, 0.3) is 0 Å². The molecule has 1 aromatic heterocycles. The summed E-state index contributed by atoms with van der Waals surface area (Å²) in [5.41, 5.74) is 0.659. The van der Waals surface area contributed by atoms with Crippen molar-refractivity contribution in [3.8, 4) is 0 Å². The standard InChI is InChI=1S/C20H35N5O2S.HI/c1-6-21-18(22-10-9-17-14-28-15(2)24-17)23-12-16-8-7-11-25(13-16)19(26)27-20(3,4)5;/h14,16H,6-13H2,1-5H3,(H2,21,22,23);1H. The van der Waals surface area contributed by atoms with E-state index >= 15 is 0 Å². The van der Waals surface area contributed by atoms with Crippen LogP contribution in [0, 0.1) is 12.8 Å². The number of aromatic nitrogens is 1. The molecule has 0 radical (unpaired) electrons. The molecule has 1 aliphatic heterocycles. The van der Waals surface area contributed by atoms with Crippen molar-refractivity contribution in [2.24, 2.45) is 10.9 Å². The number of ether oxygens (including phenoxy) is 1. The molecule has 1 aromatic rings. The Kier molecular flexibility index (Phi) is 11.2. The summed E-state index contributed by atoms with van der Waals surface area (Å²) in [7, 11) is 0. The van der Waals surface area contributed by atoms with Crippen molar-refractivity contribution in [3.63, 3.8) is 0 Å². The van der Waals surface area contributed by atoms with E-state index < -0.39 is 5.60 Å². The van der Waals surface area contributed by atoms with Crippen molar-refractivity contribution in [2.45, 2.75) is 59.5 Å². The lowest BCUT2D eigenvalue weighted by Crippen LogP contribution is -2.44. The molecule has 2 N–H and O–H groups in total. The predicted octanol–water partition coefficient (Wildman–Crippen LogP) is 3.81. The zero-order valence-electron chi connectivity index (χ0n) is 18.3. The van der Waals surface area contributed by atoms with E-state index in [1.54, 1.807) is 11.3 Å². The molecule has 1 unspecified atom stereocenters. The Labute approximate surface area is 196 Å². The molecule has 1 atom stereocenters. The van der Waals surface area contributed by atoms with Gasteiger partial charge in [-0.15, -0.1) is 35.3 Å². The van der Waals surface area contributed by atoms with Crippen molar-refractivity contribution in [1.82, 2.24) is 20.5 Å². The van der Waals surface area contributed by atoms with Crippen LogP contribution in [0.2, 0.25) is 0 Å². The zero-order chi connectivity index (χ0) is 20.6. The minimum absolute atomic E-state index is 0. The van der Waals surface area contributed by atoms with Gasteiger partial charge >= 0.3 is 6.09 Å². The second-order valence-corrected chi connectivity index (χ2v) is 9.25. The second-order valence-electron chi connectivity index (χ2n) is 8.19. The summed E-state index contributed by atoms with van der Waals surface area (Å²) in [5, 5.41) is 9.88. The minimum Gasteiger partial charge on any atom is -0.444 e. The lowest BCUT2D eigenvalue weighted by molar-refractivity contribution is 0.0170. The maximum atomic E-state index is 12.3. The molecule has 166 valence electrons. The molecule has 2 rings (SSSR count). The van der Waals surface area contributed by atoms with Gasteiger partial charge in [-0.25, -0.2) is 9.78 Å². The Bertz CT molecular complexity index is 660. The fourth-order valence-electron chi connectivity index (χ4n) is 3.10. The summed E-state index contributed by atoms with van der Waals surface area (Å²) in [5.74, 6) is 1.18. The van der Waals surface area contributed by atoms with Gasteiger partial charge < -0.3 is 20.3 Å². The van der Waals surface area contributed by atoms with Crippen LogP contribution in [0.15, 0.2) is 10.4 Å². The van der Waals surface area contributed by atoms with E-state index in [2.05, 4.69) is 27.9 Å². The molecular weight excluding hydrogens is 501 g/mol. The number of carbonyl (C=O) groups excluding carboxylic acids is 1. The number of amides is 1. The average molecular weight is 538 g/mol. The van der Waals surface area contributed by atoms with Crippen LogP contribution in [0.5, 0.6) is 0 Å². The number of thiazole rings is 1. The Morgan fingerprint density at radius 3 is 2.79 bits per heavy atom. The van der Waals surface area contributed by atoms with E-state index in [9.17, 15) is 4.79 Å². The highest BCUT2D eigenvalue weighted by Crippen LogP contribution is 2.19. The van der Waals surface area contributed by atoms with Crippen LogP contribution < -0.4 is 10.6 Å². The molecule has 0 spiro atoms. The number of guanidine groups is 1. The van der Waals surface area contributed by atoms with Gasteiger partial charge in [0, 0.05) is 44.5 Å². The number of piperidine rings is 1. The quantitative estimate of drug-likeness (QED) is 0.328. The number of likely N-dealkylation sites (tertiary alicyclic amines) is 1. The summed E-state index contributed by atoms with van der Waals surface area (Å²) in [6.45, 7) is 13.6. The smallest absolute Gasteiger partial charge is 0.410 e. The molecular formula is C20H36IN5O2S. The number of rotatable bonds is 6. The van der Waals surface area contributed by atoms with E-state index in [0.717, 1.165) is 55.6 Å². The Hall–Kier alpha value is -1.10. The molecule has 9 heteroatoms. The third-order valence-electron chi connectivity index (χ3n) is 4.36. The van der Waals surface area contributed by atoms with Gasteiger partial charge in [0.2, 0.25) is 0 Å². The van der Waals surface area contributed by atoms with Crippen molar-refractivity contribution in [2.75, 3.05) is 32.7 Å². The van der Waals surface area contributed by atoms with Crippen LogP contribution in [-0.4, -0.2) is 60.3 Å². The van der Waals surface area contributed by atoms with E-state index in [4.69, 9.17) is 9.73 Å². The maximum Gasteiger partial charge on any atom is 0.410 e. The molecule has 0 bridgehead atoms. The van der Waals surface area contributed by atoms with Gasteiger partial charge in [0.15, 0.2) is 5.96 Å². The average Bonchev–Trinajstić information content (AvgIpc) is 3.03. The van der Waals surface area contributed by atoms with Crippen LogP contribution in [0.4, 0.5) is 4.79 Å². The number of nitrogens with one attached hydrogen (secondary N) is 2. The van der Waals surface area contributed by atoms with E-state index in [1.165, 1.54) is 0 Å². The van der Waals surface area contributed by atoms with Gasteiger partial charge in [-0.3, -0.25) is 4.99 Å². The lowest BCUT2D eigenvalue weighted by Gasteiger charge is -2.33. The number of aliphatic imine (C=N–C) groups is 1. The predicted molar refractivity (Wildman–Crippen MR) is 130 cm³/mol. The first-order valence-corrected chi connectivity index (χ1v) is 11.1. The third-order valence-corrected chi connectivity index (χ3v) is 5.18. The molecule has 1 fully saturated rings. The Morgan fingerprint density at radius 1 is 1.41 bits per heavy atom. The maximum absolute atomic E-state index is 12.3. The highest BCUT2D eigenvalue weighted by molar-refractivity contribution is 14.0. The molecule has 1 amide bonds. The first-order valence-electron chi connectivity index (χ1n) is 10.2. The van der Waals surface area contributed by atoms with Crippen LogP contribution in [0.3, 0.4) is 0 Å². The van der Waals surface area contributed by atoms with Crippen molar-refractivity contribution < 1.29 is 9.53 Å². The lowest BCUT2D eigenvalue weighted by atomic mass is 9.98. The molecule has 1 aliphatic rings. The molecule has 2 heterocycles. The topological polar surface area (TPSA) is 78.9 Å². The molecule has 1 saturated heterocycles. The number of hydrogen-bond acceptors (Lipinski definition) is 5. The largest absolute Gasteiger partial charge is 0.444 e. The molecule has 7 nitrogen and oxygen atoms in total. The summed E-state index contributed by atoms with van der Waals surface area (Å²) in [6.07, 6.45) is 2.74. The van der Waals surface area contributed by atoms with Crippen molar-refractivity contribution in [1.29, 1.82) is 0 Å². The van der Waals surface area contributed by atoms with Gasteiger partial charge in [-0.05, 0) is 53.4 Å². The number of carbonyl (C=O) groups is 1. The fourth-order valence-corrected chi connectivity index (χ4v) is 3.75. The summed E-state index contributed by atoms with van der Waals surface area (Å²) in [6, 6.07) is 0. The molecule has 0 saturated carbocycles. The van der Waals surface area contributed by atoms with Gasteiger partial charge in [0.1, 0.15) is 5.60 Å². The first kappa shape index (κ1) is 25.9. The fraction of sp³-hybridized carbons (Fsp3) is 0.750. The van der Waals surface area contributed by atoms with E-state index in [1.807, 2.05) is 32.6 Å². The zero-order valence-corrected chi connectivity index (χ0v) is 21.4. The normalized spacial score (nSPS) is 17.5. The monoisotopic (exact) mass is 537 g/mol. The molecule has 0 aromatic carbocycles. The highest BCUT2D eigenvalue weighted by Gasteiger charge is 2.27. The van der Waals surface area contributed by atoms with E-state index in [0.29, 0.717) is 19.0 Å². The number of nitrogens with zero attached hydrogens (tertiary/aromatic N) is 3. The SMILES string of the molecule is CCNC(=NCC1CCCN(C(=O)OC(C)(C)C)C1)NCCc1csc(C)n1.I. The third kappa shape index (κ3) is 9.97. The van der Waals surface area contributed by atoms with Crippen molar-refractivity contribution in [3.05, 3.63) is 16.1 Å². The highest BCUT2D eigenvalue weighted by atomic mass is 127. The minimum atomic E-state index is -0.458. The Morgan fingerprint density at radius 2 is 2.17 bits per heavy atom. The molecule has 29 heavy (non-hydrogen) atoms. The summed E-state index contributed by atoms with van der Waals surface area (Å²) >= 11 is 1.68.